The molecule has 1 aromatic carbocycles. The van der Waals surface area contributed by atoms with Gasteiger partial charge in [0.25, 0.3) is 5.91 Å². The van der Waals surface area contributed by atoms with Crippen molar-refractivity contribution < 1.29 is 9.53 Å². The molecule has 0 atom stereocenters. The second-order valence-corrected chi connectivity index (χ2v) is 5.39. The van der Waals surface area contributed by atoms with E-state index in [-0.39, 0.29) is 17.6 Å². The van der Waals surface area contributed by atoms with Crippen molar-refractivity contribution >= 4 is 5.91 Å². The van der Waals surface area contributed by atoms with Crippen molar-refractivity contribution in [3.8, 4) is 6.07 Å². The fourth-order valence-electron chi connectivity index (χ4n) is 1.88. The molecular weight excluding hydrogens is 290 g/mol. The number of rotatable bonds is 10. The maximum absolute atomic E-state index is 11.9. The Morgan fingerprint density at radius 1 is 1.30 bits per heavy atom. The maximum Gasteiger partial charge on any atom is 0.263 e. The third-order valence-corrected chi connectivity index (χ3v) is 3.07. The normalized spacial score (nSPS) is 11.1. The van der Waals surface area contributed by atoms with Crippen LogP contribution in [-0.2, 0) is 16.0 Å². The predicted molar refractivity (Wildman–Crippen MR) is 90.6 cm³/mol. The van der Waals surface area contributed by atoms with Crippen LogP contribution in [0.2, 0.25) is 0 Å². The molecule has 0 aromatic heterocycles. The van der Waals surface area contributed by atoms with Gasteiger partial charge in [-0.2, -0.15) is 5.26 Å². The predicted octanol–water partition coefficient (Wildman–Crippen LogP) is 2.16. The number of nitrogens with one attached hydrogen (secondary N) is 2. The number of carbonyl (C=O) groups excluding carboxylic acids is 1. The molecule has 124 valence electrons. The van der Waals surface area contributed by atoms with Gasteiger partial charge in [0.2, 0.25) is 0 Å². The summed E-state index contributed by atoms with van der Waals surface area (Å²) in [7, 11) is 0. The van der Waals surface area contributed by atoms with Crippen molar-refractivity contribution in [1.82, 2.24) is 10.6 Å². The number of ether oxygens (including phenoxy) is 1. The minimum absolute atomic E-state index is 0.0860. The fourth-order valence-corrected chi connectivity index (χ4v) is 1.88. The Labute approximate surface area is 138 Å². The van der Waals surface area contributed by atoms with E-state index in [0.717, 1.165) is 18.4 Å². The zero-order chi connectivity index (χ0) is 16.9. The number of benzene rings is 1. The molecule has 0 spiro atoms. The summed E-state index contributed by atoms with van der Waals surface area (Å²) in [4.78, 5) is 11.9. The molecule has 1 amide bonds. The summed E-state index contributed by atoms with van der Waals surface area (Å²) < 4.78 is 5.41. The van der Waals surface area contributed by atoms with Crippen LogP contribution in [0.15, 0.2) is 42.1 Å². The Bertz CT molecular complexity index is 533. The quantitative estimate of drug-likeness (QED) is 0.394. The van der Waals surface area contributed by atoms with E-state index in [0.29, 0.717) is 19.7 Å². The van der Waals surface area contributed by atoms with Gasteiger partial charge < -0.3 is 15.4 Å². The van der Waals surface area contributed by atoms with Crippen LogP contribution in [0, 0.1) is 11.3 Å². The Morgan fingerprint density at radius 3 is 2.70 bits per heavy atom. The molecule has 0 unspecified atom stereocenters. The number of carbonyl (C=O) groups is 1. The van der Waals surface area contributed by atoms with Gasteiger partial charge in [0, 0.05) is 25.9 Å². The summed E-state index contributed by atoms with van der Waals surface area (Å²) in [6, 6.07) is 11.8. The Hall–Kier alpha value is -2.32. The number of nitrogens with zero attached hydrogens (tertiary/aromatic N) is 1. The molecule has 1 rings (SSSR count). The second kappa shape index (κ2) is 11.3. The first-order chi connectivity index (χ1) is 11.1. The highest BCUT2D eigenvalue weighted by molar-refractivity contribution is 5.97. The molecule has 0 saturated heterocycles. The summed E-state index contributed by atoms with van der Waals surface area (Å²) >= 11 is 0. The monoisotopic (exact) mass is 315 g/mol. The Balaban J connectivity index is 2.25. The lowest BCUT2D eigenvalue weighted by atomic mass is 10.1. The van der Waals surface area contributed by atoms with Crippen LogP contribution < -0.4 is 10.6 Å². The van der Waals surface area contributed by atoms with Gasteiger partial charge in [0.15, 0.2) is 0 Å². The Morgan fingerprint density at radius 2 is 2.04 bits per heavy atom. The first-order valence-corrected chi connectivity index (χ1v) is 7.91. The third kappa shape index (κ3) is 8.64. The lowest BCUT2D eigenvalue weighted by Gasteiger charge is -2.07. The van der Waals surface area contributed by atoms with Gasteiger partial charge >= 0.3 is 0 Å². The smallest absolute Gasteiger partial charge is 0.263 e. The molecule has 23 heavy (non-hydrogen) atoms. The largest absolute Gasteiger partial charge is 0.390 e. The van der Waals surface area contributed by atoms with Gasteiger partial charge in [-0.25, -0.2) is 0 Å². The third-order valence-electron chi connectivity index (χ3n) is 3.07. The van der Waals surface area contributed by atoms with E-state index in [1.54, 1.807) is 0 Å². The van der Waals surface area contributed by atoms with Crippen molar-refractivity contribution in [2.45, 2.75) is 32.8 Å². The number of hydrogen-bond acceptors (Lipinski definition) is 4. The minimum Gasteiger partial charge on any atom is -0.390 e. The highest BCUT2D eigenvalue weighted by Crippen LogP contribution is 1.99. The summed E-state index contributed by atoms with van der Waals surface area (Å²) in [6.07, 6.45) is 3.25. The molecule has 0 saturated carbocycles. The fraction of sp³-hybridized carbons (Fsp3) is 0.444. The van der Waals surface area contributed by atoms with Crippen molar-refractivity contribution in [2.24, 2.45) is 0 Å². The standard InChI is InChI=1S/C18H25N3O2/c1-15(2)23-12-6-10-20-14-17(13-19)18(22)21-11-9-16-7-4-3-5-8-16/h3-5,7-8,14-15,20H,6,9-12H2,1-2H3,(H,21,22)/b17-14-. The first-order valence-electron chi connectivity index (χ1n) is 7.91. The number of amides is 1. The van der Waals surface area contributed by atoms with E-state index in [4.69, 9.17) is 10.00 Å². The van der Waals surface area contributed by atoms with Gasteiger partial charge in [0.1, 0.15) is 11.6 Å². The molecule has 0 aliphatic rings. The van der Waals surface area contributed by atoms with E-state index in [9.17, 15) is 4.79 Å². The van der Waals surface area contributed by atoms with E-state index in [1.807, 2.05) is 50.2 Å². The van der Waals surface area contributed by atoms with E-state index < -0.39 is 0 Å². The SMILES string of the molecule is CC(C)OCCCN/C=C(/C#N)C(=O)NCCc1ccccc1. The number of nitriles is 1. The van der Waals surface area contributed by atoms with Crippen LogP contribution in [0.1, 0.15) is 25.8 Å². The lowest BCUT2D eigenvalue weighted by molar-refractivity contribution is -0.117. The van der Waals surface area contributed by atoms with Gasteiger partial charge in [-0.05, 0) is 32.3 Å². The van der Waals surface area contributed by atoms with Crippen LogP contribution in [0.4, 0.5) is 0 Å². The van der Waals surface area contributed by atoms with Gasteiger partial charge in [-0.1, -0.05) is 30.3 Å². The summed E-state index contributed by atoms with van der Waals surface area (Å²) in [6.45, 7) is 5.80. The molecule has 5 nitrogen and oxygen atoms in total. The molecule has 0 fully saturated rings. The molecule has 0 radical (unpaired) electrons. The average Bonchev–Trinajstić information content (AvgIpc) is 2.55. The van der Waals surface area contributed by atoms with Crippen LogP contribution in [0.25, 0.3) is 0 Å². The van der Waals surface area contributed by atoms with Gasteiger partial charge in [-0.15, -0.1) is 0 Å². The van der Waals surface area contributed by atoms with Crippen LogP contribution in [0.5, 0.6) is 0 Å². The maximum atomic E-state index is 11.9. The molecule has 5 heteroatoms. The Kier molecular flexibility index (Phi) is 9.18. The summed E-state index contributed by atoms with van der Waals surface area (Å²) in [5.74, 6) is -0.352. The lowest BCUT2D eigenvalue weighted by Crippen LogP contribution is -2.27. The van der Waals surface area contributed by atoms with Crippen molar-refractivity contribution in [1.29, 1.82) is 5.26 Å². The van der Waals surface area contributed by atoms with Crippen LogP contribution in [-0.4, -0.2) is 31.7 Å². The zero-order valence-electron chi connectivity index (χ0n) is 13.8. The van der Waals surface area contributed by atoms with Gasteiger partial charge in [0.05, 0.1) is 6.10 Å². The van der Waals surface area contributed by atoms with Gasteiger partial charge in [-0.3, -0.25) is 4.79 Å². The first kappa shape index (κ1) is 18.7. The molecule has 0 heterocycles. The van der Waals surface area contributed by atoms with Crippen molar-refractivity contribution in [3.63, 3.8) is 0 Å². The highest BCUT2D eigenvalue weighted by Gasteiger charge is 2.07. The van der Waals surface area contributed by atoms with Crippen molar-refractivity contribution in [2.75, 3.05) is 19.7 Å². The summed E-state index contributed by atoms with van der Waals surface area (Å²) in [5.41, 5.74) is 1.24. The van der Waals surface area contributed by atoms with Crippen LogP contribution >= 0.6 is 0 Å². The zero-order valence-corrected chi connectivity index (χ0v) is 13.8. The molecule has 2 N–H and O–H groups in total. The molecule has 0 aliphatic carbocycles. The molecule has 0 bridgehead atoms. The average molecular weight is 315 g/mol. The van der Waals surface area contributed by atoms with E-state index in [1.165, 1.54) is 6.20 Å². The van der Waals surface area contributed by atoms with E-state index in [2.05, 4.69) is 10.6 Å². The summed E-state index contributed by atoms with van der Waals surface area (Å²) in [5, 5.41) is 14.8. The topological polar surface area (TPSA) is 74.1 Å². The molecule has 1 aromatic rings. The minimum atomic E-state index is -0.352. The molecule has 0 aliphatic heterocycles. The van der Waals surface area contributed by atoms with Crippen LogP contribution in [0.3, 0.4) is 0 Å². The highest BCUT2D eigenvalue weighted by atomic mass is 16.5. The molecular formula is C18H25N3O2. The van der Waals surface area contributed by atoms with E-state index >= 15 is 0 Å². The van der Waals surface area contributed by atoms with Crippen molar-refractivity contribution in [3.05, 3.63) is 47.7 Å². The number of hydrogen-bond donors (Lipinski definition) is 2. The second-order valence-electron chi connectivity index (χ2n) is 5.39.